The number of hydrogen-bond acceptors (Lipinski definition) is 2. The Kier molecular flexibility index (Phi) is 5.27. The molecule has 0 aromatic heterocycles. The highest BCUT2D eigenvalue weighted by Crippen LogP contribution is 2.03. The van der Waals surface area contributed by atoms with Gasteiger partial charge in [0.25, 0.3) is 0 Å². The lowest BCUT2D eigenvalue weighted by molar-refractivity contribution is 0.641. The van der Waals surface area contributed by atoms with Crippen LogP contribution in [0.15, 0.2) is 24.3 Å². The van der Waals surface area contributed by atoms with Gasteiger partial charge in [0.05, 0.1) is 0 Å². The van der Waals surface area contributed by atoms with E-state index in [1.165, 1.54) is 24.0 Å². The fraction of sp³-hybridized carbons (Fsp3) is 0.500. The predicted molar refractivity (Wildman–Crippen MR) is 60.9 cm³/mol. The highest BCUT2D eigenvalue weighted by molar-refractivity contribution is 5.22. The Balaban J connectivity index is 2.29. The first-order valence-corrected chi connectivity index (χ1v) is 5.35. The van der Waals surface area contributed by atoms with Crippen molar-refractivity contribution in [3.63, 3.8) is 0 Å². The summed E-state index contributed by atoms with van der Waals surface area (Å²) in [7, 11) is 0. The molecule has 2 nitrogen and oxygen atoms in total. The summed E-state index contributed by atoms with van der Waals surface area (Å²) in [5.41, 5.74) is 8.05. The molecule has 0 atom stereocenters. The number of nitrogens with one attached hydrogen (secondary N) is 1. The molecule has 0 amide bonds. The molecule has 1 rings (SSSR count). The third kappa shape index (κ3) is 3.90. The van der Waals surface area contributed by atoms with Gasteiger partial charge in [-0.2, -0.15) is 0 Å². The Morgan fingerprint density at radius 2 is 1.79 bits per heavy atom. The molecule has 3 N–H and O–H groups in total. The molecule has 0 spiro atoms. The van der Waals surface area contributed by atoms with Gasteiger partial charge in [-0.05, 0) is 24.1 Å². The normalized spacial score (nSPS) is 10.4. The van der Waals surface area contributed by atoms with Crippen LogP contribution in [0.25, 0.3) is 0 Å². The van der Waals surface area contributed by atoms with Crippen molar-refractivity contribution in [3.05, 3.63) is 35.4 Å². The summed E-state index contributed by atoms with van der Waals surface area (Å²) in [6.45, 7) is 4.90. The minimum Gasteiger partial charge on any atom is -0.326 e. The largest absolute Gasteiger partial charge is 0.326 e. The van der Waals surface area contributed by atoms with Crippen LogP contribution in [0, 0.1) is 0 Å². The van der Waals surface area contributed by atoms with Crippen molar-refractivity contribution in [1.82, 2.24) is 5.32 Å². The van der Waals surface area contributed by atoms with Gasteiger partial charge >= 0.3 is 0 Å². The van der Waals surface area contributed by atoms with Crippen LogP contribution >= 0.6 is 0 Å². The molecule has 14 heavy (non-hydrogen) atoms. The first-order chi connectivity index (χ1) is 6.86. The Bertz CT molecular complexity index is 241. The van der Waals surface area contributed by atoms with Crippen molar-refractivity contribution in [3.8, 4) is 0 Å². The number of rotatable bonds is 6. The quantitative estimate of drug-likeness (QED) is 0.677. The zero-order chi connectivity index (χ0) is 10.2. The fourth-order valence-corrected chi connectivity index (χ4v) is 1.33. The highest BCUT2D eigenvalue weighted by Gasteiger charge is 1.92. The fourth-order valence-electron chi connectivity index (χ4n) is 1.33. The molecular weight excluding hydrogens is 172 g/mol. The van der Waals surface area contributed by atoms with E-state index in [1.807, 2.05) is 0 Å². The predicted octanol–water partition coefficient (Wildman–Crippen LogP) is 2.04. The van der Waals surface area contributed by atoms with Gasteiger partial charge in [0.15, 0.2) is 0 Å². The third-order valence-corrected chi connectivity index (χ3v) is 2.29. The Morgan fingerprint density at radius 1 is 1.14 bits per heavy atom. The Labute approximate surface area is 86.5 Å². The summed E-state index contributed by atoms with van der Waals surface area (Å²) < 4.78 is 0. The van der Waals surface area contributed by atoms with Crippen molar-refractivity contribution < 1.29 is 0 Å². The van der Waals surface area contributed by atoms with Crippen molar-refractivity contribution in [1.29, 1.82) is 0 Å². The van der Waals surface area contributed by atoms with Crippen LogP contribution < -0.4 is 11.1 Å². The molecular formula is C12H20N2. The monoisotopic (exact) mass is 192 g/mol. The maximum Gasteiger partial charge on any atom is 0.0205 e. The summed E-state index contributed by atoms with van der Waals surface area (Å²) in [6.07, 6.45) is 2.50. The van der Waals surface area contributed by atoms with E-state index in [1.54, 1.807) is 0 Å². The van der Waals surface area contributed by atoms with E-state index in [0.717, 1.165) is 13.1 Å². The van der Waals surface area contributed by atoms with Crippen molar-refractivity contribution in [2.24, 2.45) is 5.73 Å². The molecule has 0 saturated carbocycles. The first kappa shape index (κ1) is 11.2. The second-order valence-corrected chi connectivity index (χ2v) is 3.55. The number of unbranched alkanes of at least 4 members (excludes halogenated alkanes) is 1. The molecule has 0 aliphatic carbocycles. The molecule has 0 aliphatic heterocycles. The molecule has 78 valence electrons. The minimum atomic E-state index is 0.629. The lowest BCUT2D eigenvalue weighted by Gasteiger charge is -2.04. The second kappa shape index (κ2) is 6.57. The third-order valence-electron chi connectivity index (χ3n) is 2.29. The first-order valence-electron chi connectivity index (χ1n) is 5.35. The van der Waals surface area contributed by atoms with Gasteiger partial charge in [0.2, 0.25) is 0 Å². The van der Waals surface area contributed by atoms with Gasteiger partial charge in [0, 0.05) is 13.1 Å². The van der Waals surface area contributed by atoms with E-state index in [4.69, 9.17) is 5.73 Å². The molecule has 1 aromatic rings. The van der Waals surface area contributed by atoms with Crippen LogP contribution in [0.3, 0.4) is 0 Å². The molecule has 0 fully saturated rings. The molecule has 0 unspecified atom stereocenters. The smallest absolute Gasteiger partial charge is 0.0205 e. The number of hydrogen-bond donors (Lipinski definition) is 2. The average Bonchev–Trinajstić information content (AvgIpc) is 2.25. The van der Waals surface area contributed by atoms with Crippen molar-refractivity contribution in [2.45, 2.75) is 32.9 Å². The van der Waals surface area contributed by atoms with E-state index in [0.29, 0.717) is 6.54 Å². The van der Waals surface area contributed by atoms with E-state index < -0.39 is 0 Å². The summed E-state index contributed by atoms with van der Waals surface area (Å²) in [5, 5.41) is 3.41. The van der Waals surface area contributed by atoms with Crippen LogP contribution in [0.2, 0.25) is 0 Å². The van der Waals surface area contributed by atoms with E-state index in [-0.39, 0.29) is 0 Å². The van der Waals surface area contributed by atoms with Gasteiger partial charge < -0.3 is 11.1 Å². The van der Waals surface area contributed by atoms with E-state index >= 15 is 0 Å². The van der Waals surface area contributed by atoms with Gasteiger partial charge in [-0.15, -0.1) is 0 Å². The summed E-state index contributed by atoms with van der Waals surface area (Å²) in [6, 6.07) is 8.47. The Morgan fingerprint density at radius 3 is 2.36 bits per heavy atom. The lowest BCUT2D eigenvalue weighted by Crippen LogP contribution is -2.14. The minimum absolute atomic E-state index is 0.629. The Hall–Kier alpha value is -0.860. The molecule has 2 heteroatoms. The van der Waals surface area contributed by atoms with Gasteiger partial charge in [-0.3, -0.25) is 0 Å². The molecule has 0 radical (unpaired) electrons. The van der Waals surface area contributed by atoms with Crippen LogP contribution in [0.4, 0.5) is 0 Å². The molecule has 0 heterocycles. The van der Waals surface area contributed by atoms with Crippen LogP contribution in [0.1, 0.15) is 30.9 Å². The van der Waals surface area contributed by atoms with Gasteiger partial charge in [-0.25, -0.2) is 0 Å². The van der Waals surface area contributed by atoms with Gasteiger partial charge in [-0.1, -0.05) is 37.6 Å². The number of benzene rings is 1. The second-order valence-electron chi connectivity index (χ2n) is 3.55. The molecule has 1 aromatic carbocycles. The highest BCUT2D eigenvalue weighted by atomic mass is 14.8. The number of nitrogens with two attached hydrogens (primary N) is 1. The van der Waals surface area contributed by atoms with Crippen LogP contribution in [0.5, 0.6) is 0 Å². The van der Waals surface area contributed by atoms with Crippen molar-refractivity contribution >= 4 is 0 Å². The summed E-state index contributed by atoms with van der Waals surface area (Å²) in [5.74, 6) is 0. The topological polar surface area (TPSA) is 38.0 Å². The molecule has 0 saturated heterocycles. The summed E-state index contributed by atoms with van der Waals surface area (Å²) in [4.78, 5) is 0. The standard InChI is InChI=1S/C12H20N2/c1-2-3-8-14-10-12-6-4-11(9-13)5-7-12/h4-7,14H,2-3,8-10,13H2,1H3. The zero-order valence-corrected chi connectivity index (χ0v) is 8.92. The van der Waals surface area contributed by atoms with E-state index in [9.17, 15) is 0 Å². The average molecular weight is 192 g/mol. The lowest BCUT2D eigenvalue weighted by atomic mass is 10.1. The van der Waals surface area contributed by atoms with Gasteiger partial charge in [0.1, 0.15) is 0 Å². The van der Waals surface area contributed by atoms with Crippen molar-refractivity contribution in [2.75, 3.05) is 6.54 Å². The van der Waals surface area contributed by atoms with Crippen LogP contribution in [-0.4, -0.2) is 6.54 Å². The SMILES string of the molecule is CCCCNCc1ccc(CN)cc1. The molecule has 0 aliphatic rings. The zero-order valence-electron chi connectivity index (χ0n) is 8.92. The summed E-state index contributed by atoms with van der Waals surface area (Å²) >= 11 is 0. The molecule has 0 bridgehead atoms. The van der Waals surface area contributed by atoms with E-state index in [2.05, 4.69) is 36.5 Å². The maximum absolute atomic E-state index is 5.52. The maximum atomic E-state index is 5.52. The van der Waals surface area contributed by atoms with Crippen LogP contribution in [-0.2, 0) is 13.1 Å².